The quantitative estimate of drug-likeness (QED) is 0.827. The number of rotatable bonds is 3. The number of hydrogen-bond donors (Lipinski definition) is 2. The number of anilines is 1. The highest BCUT2D eigenvalue weighted by Gasteiger charge is 2.19. The van der Waals surface area contributed by atoms with Gasteiger partial charge in [0.15, 0.2) is 10.2 Å². The zero-order valence-corrected chi connectivity index (χ0v) is 12.0. The van der Waals surface area contributed by atoms with Gasteiger partial charge in [0.05, 0.1) is 5.69 Å². The zero-order chi connectivity index (χ0) is 12.3. The second kappa shape index (κ2) is 5.78. The molecule has 2 N–H and O–H groups in total. The molecule has 0 radical (unpaired) electrons. The maximum atomic E-state index is 5.21. The molecule has 0 spiro atoms. The lowest BCUT2D eigenvalue weighted by molar-refractivity contribution is 0.502. The summed E-state index contributed by atoms with van der Waals surface area (Å²) in [5.41, 5.74) is 1.27. The van der Waals surface area contributed by atoms with E-state index in [0.29, 0.717) is 5.11 Å². The lowest BCUT2D eigenvalue weighted by Crippen LogP contribution is -2.28. The first-order valence-corrected chi connectivity index (χ1v) is 7.45. The monoisotopic (exact) mass is 269 g/mol. The molecule has 94 valence electrons. The number of aromatic nitrogens is 1. The molecule has 0 saturated heterocycles. The van der Waals surface area contributed by atoms with Crippen LogP contribution in [0.5, 0.6) is 0 Å². The molecule has 1 aromatic rings. The van der Waals surface area contributed by atoms with Gasteiger partial charge >= 0.3 is 0 Å². The van der Waals surface area contributed by atoms with E-state index in [4.69, 9.17) is 12.2 Å². The Balaban J connectivity index is 1.96. The van der Waals surface area contributed by atoms with Crippen LogP contribution in [0.25, 0.3) is 0 Å². The lowest BCUT2D eigenvalue weighted by atomic mass is 9.93. The van der Waals surface area contributed by atoms with E-state index >= 15 is 0 Å². The van der Waals surface area contributed by atoms with Gasteiger partial charge in [-0.2, -0.15) is 0 Å². The summed E-state index contributed by atoms with van der Waals surface area (Å²) in [6.45, 7) is 5.34. The molecule has 1 heterocycles. The van der Waals surface area contributed by atoms with E-state index in [0.717, 1.165) is 30.4 Å². The molecule has 1 aliphatic rings. The Morgan fingerprint density at radius 3 is 3.18 bits per heavy atom. The summed E-state index contributed by atoms with van der Waals surface area (Å²) in [5.74, 6) is 0.793. The van der Waals surface area contributed by atoms with Gasteiger partial charge in [0.1, 0.15) is 0 Å². The van der Waals surface area contributed by atoms with Crippen molar-refractivity contribution >= 4 is 33.8 Å². The summed E-state index contributed by atoms with van der Waals surface area (Å²) in [6.07, 6.45) is 4.62. The van der Waals surface area contributed by atoms with Gasteiger partial charge in [-0.15, -0.1) is 11.3 Å². The van der Waals surface area contributed by atoms with E-state index in [1.807, 2.05) is 0 Å². The van der Waals surface area contributed by atoms with Crippen LogP contribution < -0.4 is 10.6 Å². The summed E-state index contributed by atoms with van der Waals surface area (Å²) >= 11 is 6.96. The van der Waals surface area contributed by atoms with E-state index in [1.165, 1.54) is 23.4 Å². The van der Waals surface area contributed by atoms with Crippen LogP contribution in [-0.4, -0.2) is 16.6 Å². The third kappa shape index (κ3) is 3.39. The first-order valence-electron chi connectivity index (χ1n) is 6.22. The minimum absolute atomic E-state index is 0.686. The van der Waals surface area contributed by atoms with E-state index in [-0.39, 0.29) is 0 Å². The molecule has 0 bridgehead atoms. The van der Waals surface area contributed by atoms with Crippen LogP contribution in [0, 0.1) is 5.92 Å². The fourth-order valence-electron chi connectivity index (χ4n) is 1.97. The van der Waals surface area contributed by atoms with Gasteiger partial charge in [-0.1, -0.05) is 13.8 Å². The van der Waals surface area contributed by atoms with E-state index in [9.17, 15) is 0 Å². The molecule has 17 heavy (non-hydrogen) atoms. The SMILES string of the molecule is CCCNC(=S)Nc1nc2c(s1)CC(C)CC2. The molecule has 0 amide bonds. The predicted octanol–water partition coefficient (Wildman–Crippen LogP) is 2.96. The van der Waals surface area contributed by atoms with Crippen LogP contribution in [0.4, 0.5) is 5.13 Å². The van der Waals surface area contributed by atoms with Gasteiger partial charge in [-0.25, -0.2) is 4.98 Å². The molecule has 0 saturated carbocycles. The number of nitrogens with zero attached hydrogens (tertiary/aromatic N) is 1. The van der Waals surface area contributed by atoms with Crippen LogP contribution in [-0.2, 0) is 12.8 Å². The molecule has 1 aliphatic carbocycles. The smallest absolute Gasteiger partial charge is 0.189 e. The molecule has 1 unspecified atom stereocenters. The van der Waals surface area contributed by atoms with E-state index in [2.05, 4.69) is 29.5 Å². The van der Waals surface area contributed by atoms with Crippen molar-refractivity contribution in [2.45, 2.75) is 39.5 Å². The van der Waals surface area contributed by atoms with Crippen molar-refractivity contribution in [3.8, 4) is 0 Å². The summed E-state index contributed by atoms with van der Waals surface area (Å²) in [4.78, 5) is 6.05. The summed E-state index contributed by atoms with van der Waals surface area (Å²) in [5, 5.41) is 7.96. The van der Waals surface area contributed by atoms with Crippen LogP contribution in [0.1, 0.15) is 37.3 Å². The predicted molar refractivity (Wildman–Crippen MR) is 77.8 cm³/mol. The van der Waals surface area contributed by atoms with E-state index < -0.39 is 0 Å². The van der Waals surface area contributed by atoms with Gasteiger partial charge in [-0.3, -0.25) is 0 Å². The molecule has 5 heteroatoms. The Kier molecular flexibility index (Phi) is 4.34. The second-order valence-corrected chi connectivity index (χ2v) is 6.11. The average molecular weight is 269 g/mol. The molecule has 3 nitrogen and oxygen atoms in total. The van der Waals surface area contributed by atoms with Crippen molar-refractivity contribution in [2.24, 2.45) is 5.92 Å². The van der Waals surface area contributed by atoms with Crippen molar-refractivity contribution in [1.82, 2.24) is 10.3 Å². The summed E-state index contributed by atoms with van der Waals surface area (Å²) < 4.78 is 0. The number of thiocarbonyl (C=S) groups is 1. The lowest BCUT2D eigenvalue weighted by Gasteiger charge is -2.15. The minimum atomic E-state index is 0.686. The first kappa shape index (κ1) is 12.8. The Morgan fingerprint density at radius 2 is 2.41 bits per heavy atom. The molecule has 0 aliphatic heterocycles. The second-order valence-electron chi connectivity index (χ2n) is 4.62. The highest BCUT2D eigenvalue weighted by molar-refractivity contribution is 7.80. The van der Waals surface area contributed by atoms with Crippen LogP contribution >= 0.6 is 23.6 Å². The third-order valence-corrected chi connectivity index (χ3v) is 4.22. The first-order chi connectivity index (χ1) is 8.19. The normalized spacial score (nSPS) is 18.6. The molecule has 0 aromatic carbocycles. The van der Waals surface area contributed by atoms with Gasteiger partial charge in [0.25, 0.3) is 0 Å². The third-order valence-electron chi connectivity index (χ3n) is 2.94. The minimum Gasteiger partial charge on any atom is -0.362 e. The number of thiazole rings is 1. The van der Waals surface area contributed by atoms with Crippen LogP contribution in [0.3, 0.4) is 0 Å². The van der Waals surface area contributed by atoms with Gasteiger partial charge in [0, 0.05) is 11.4 Å². The van der Waals surface area contributed by atoms with Crippen molar-refractivity contribution < 1.29 is 0 Å². The van der Waals surface area contributed by atoms with Gasteiger partial charge in [-0.05, 0) is 43.8 Å². The molecule has 1 aromatic heterocycles. The number of nitrogens with one attached hydrogen (secondary N) is 2. The maximum absolute atomic E-state index is 5.21. The Hall–Kier alpha value is -0.680. The van der Waals surface area contributed by atoms with Gasteiger partial charge < -0.3 is 10.6 Å². The molecule has 0 fully saturated rings. The largest absolute Gasteiger partial charge is 0.362 e. The average Bonchev–Trinajstić information content (AvgIpc) is 2.67. The molecule has 2 rings (SSSR count). The van der Waals surface area contributed by atoms with Crippen molar-refractivity contribution in [3.63, 3.8) is 0 Å². The highest BCUT2D eigenvalue weighted by atomic mass is 32.1. The number of fused-ring (bicyclic) bond motifs is 1. The standard InChI is InChI=1S/C12H19N3S2/c1-3-6-13-11(16)15-12-14-9-5-4-8(2)7-10(9)17-12/h8H,3-7H2,1-2H3,(H2,13,14,15,16). The number of hydrogen-bond acceptors (Lipinski definition) is 3. The molecule has 1 atom stereocenters. The van der Waals surface area contributed by atoms with E-state index in [1.54, 1.807) is 11.3 Å². The van der Waals surface area contributed by atoms with Crippen molar-refractivity contribution in [2.75, 3.05) is 11.9 Å². The zero-order valence-electron chi connectivity index (χ0n) is 10.4. The Labute approximate surface area is 112 Å². The molecular weight excluding hydrogens is 250 g/mol. The van der Waals surface area contributed by atoms with Crippen LogP contribution in [0.2, 0.25) is 0 Å². The number of aryl methyl sites for hydroxylation is 1. The van der Waals surface area contributed by atoms with Crippen molar-refractivity contribution in [3.05, 3.63) is 10.6 Å². The maximum Gasteiger partial charge on any atom is 0.189 e. The van der Waals surface area contributed by atoms with Crippen molar-refractivity contribution in [1.29, 1.82) is 0 Å². The topological polar surface area (TPSA) is 37.0 Å². The summed E-state index contributed by atoms with van der Waals surface area (Å²) in [7, 11) is 0. The highest BCUT2D eigenvalue weighted by Crippen LogP contribution is 2.31. The Morgan fingerprint density at radius 1 is 1.59 bits per heavy atom. The fourth-order valence-corrected chi connectivity index (χ4v) is 3.41. The summed E-state index contributed by atoms with van der Waals surface area (Å²) in [6, 6.07) is 0. The fraction of sp³-hybridized carbons (Fsp3) is 0.667. The van der Waals surface area contributed by atoms with Crippen LogP contribution in [0.15, 0.2) is 0 Å². The molecular formula is C12H19N3S2. The van der Waals surface area contributed by atoms with Gasteiger partial charge in [0.2, 0.25) is 0 Å². The Bertz CT molecular complexity index is 400.